The van der Waals surface area contributed by atoms with Crippen LogP contribution in [0.5, 0.6) is 0 Å². The van der Waals surface area contributed by atoms with Crippen molar-refractivity contribution in [3.63, 3.8) is 0 Å². The quantitative estimate of drug-likeness (QED) is 0.423. The molecule has 0 saturated heterocycles. The van der Waals surface area contributed by atoms with Crippen molar-refractivity contribution >= 4 is 23.5 Å². The van der Waals surface area contributed by atoms with Crippen LogP contribution in [0.3, 0.4) is 0 Å². The number of nitrogens with one attached hydrogen (secondary N) is 2. The molecular weight excluding hydrogens is 342 g/mol. The molecule has 0 spiro atoms. The van der Waals surface area contributed by atoms with E-state index in [0.717, 1.165) is 30.6 Å². The molecule has 1 aromatic heterocycles. The highest BCUT2D eigenvalue weighted by Crippen LogP contribution is 2.21. The standard InChI is InChI=1S/C20H29N5S/c1-5-21-20(22-14-16(2)26-18-11-7-6-8-12-18)23-15-17-10-9-13-19(24-17)25(3)4/h6-13,16H,5,14-15H2,1-4H3,(H2,21,22,23). The first-order valence-corrected chi connectivity index (χ1v) is 9.83. The maximum Gasteiger partial charge on any atom is 0.191 e. The zero-order chi connectivity index (χ0) is 18.8. The van der Waals surface area contributed by atoms with Gasteiger partial charge >= 0.3 is 0 Å². The summed E-state index contributed by atoms with van der Waals surface area (Å²) >= 11 is 1.86. The maximum absolute atomic E-state index is 4.67. The van der Waals surface area contributed by atoms with Crippen LogP contribution < -0.4 is 15.5 Å². The molecule has 0 aliphatic rings. The minimum absolute atomic E-state index is 0.441. The van der Waals surface area contributed by atoms with Crippen LogP contribution in [0.4, 0.5) is 5.82 Å². The zero-order valence-corrected chi connectivity index (χ0v) is 16.9. The van der Waals surface area contributed by atoms with Gasteiger partial charge in [0.2, 0.25) is 0 Å². The predicted molar refractivity (Wildman–Crippen MR) is 113 cm³/mol. The number of benzene rings is 1. The van der Waals surface area contributed by atoms with Gasteiger partial charge < -0.3 is 15.5 Å². The van der Waals surface area contributed by atoms with Crippen LogP contribution in [0.1, 0.15) is 19.5 Å². The molecular formula is C20H29N5S. The van der Waals surface area contributed by atoms with Gasteiger partial charge in [-0.2, -0.15) is 0 Å². The number of pyridine rings is 1. The highest BCUT2D eigenvalue weighted by molar-refractivity contribution is 8.00. The van der Waals surface area contributed by atoms with Gasteiger partial charge in [0.1, 0.15) is 5.82 Å². The van der Waals surface area contributed by atoms with E-state index in [1.54, 1.807) is 0 Å². The van der Waals surface area contributed by atoms with Gasteiger partial charge in [-0.15, -0.1) is 11.8 Å². The van der Waals surface area contributed by atoms with Gasteiger partial charge in [0.15, 0.2) is 5.96 Å². The summed E-state index contributed by atoms with van der Waals surface area (Å²) in [6.07, 6.45) is 0. The largest absolute Gasteiger partial charge is 0.363 e. The molecule has 6 heteroatoms. The average Bonchev–Trinajstić information content (AvgIpc) is 2.65. The smallest absolute Gasteiger partial charge is 0.191 e. The summed E-state index contributed by atoms with van der Waals surface area (Å²) in [5.74, 6) is 1.77. The molecule has 0 amide bonds. The lowest BCUT2D eigenvalue weighted by Gasteiger charge is -2.16. The van der Waals surface area contributed by atoms with E-state index in [-0.39, 0.29) is 0 Å². The lowest BCUT2D eigenvalue weighted by molar-refractivity contribution is 0.792. The molecule has 0 fully saturated rings. The molecule has 0 aliphatic carbocycles. The fraction of sp³-hybridized carbons (Fsp3) is 0.400. The number of rotatable bonds is 8. The van der Waals surface area contributed by atoms with Gasteiger partial charge in [-0.1, -0.05) is 31.2 Å². The number of guanidine groups is 1. The Morgan fingerprint density at radius 1 is 1.12 bits per heavy atom. The van der Waals surface area contributed by atoms with E-state index >= 15 is 0 Å². The number of hydrogen-bond acceptors (Lipinski definition) is 4. The normalized spacial score (nSPS) is 12.5. The fourth-order valence-corrected chi connectivity index (χ4v) is 3.26. The van der Waals surface area contributed by atoms with E-state index in [9.17, 15) is 0 Å². The van der Waals surface area contributed by atoms with Crippen LogP contribution in [0.2, 0.25) is 0 Å². The Balaban J connectivity index is 1.90. The van der Waals surface area contributed by atoms with Crippen molar-refractivity contribution in [2.24, 2.45) is 4.99 Å². The lowest BCUT2D eigenvalue weighted by atomic mass is 10.3. The molecule has 1 atom stereocenters. The van der Waals surface area contributed by atoms with Crippen LogP contribution in [-0.4, -0.2) is 43.4 Å². The Morgan fingerprint density at radius 2 is 1.88 bits per heavy atom. The molecule has 140 valence electrons. The number of anilines is 1. The first kappa shape index (κ1) is 20.1. The van der Waals surface area contributed by atoms with Crippen LogP contribution in [-0.2, 0) is 6.54 Å². The summed E-state index contributed by atoms with van der Waals surface area (Å²) in [6, 6.07) is 16.5. The molecule has 0 bridgehead atoms. The monoisotopic (exact) mass is 371 g/mol. The first-order valence-electron chi connectivity index (χ1n) is 8.95. The molecule has 2 aromatic rings. The topological polar surface area (TPSA) is 52.6 Å². The number of aromatic nitrogens is 1. The van der Waals surface area contributed by atoms with Gasteiger partial charge in [-0.05, 0) is 31.2 Å². The minimum Gasteiger partial charge on any atom is -0.363 e. The molecule has 0 radical (unpaired) electrons. The molecule has 26 heavy (non-hydrogen) atoms. The van der Waals surface area contributed by atoms with Crippen molar-refractivity contribution in [3.8, 4) is 0 Å². The van der Waals surface area contributed by atoms with Gasteiger partial charge in [0, 0.05) is 37.3 Å². The van der Waals surface area contributed by atoms with Crippen LogP contribution in [0.15, 0.2) is 58.4 Å². The summed E-state index contributed by atoms with van der Waals surface area (Å²) in [5.41, 5.74) is 0.958. The van der Waals surface area contributed by atoms with Crippen molar-refractivity contribution in [2.75, 3.05) is 32.1 Å². The summed E-state index contributed by atoms with van der Waals surface area (Å²) in [7, 11) is 3.99. The first-order chi connectivity index (χ1) is 12.6. The van der Waals surface area contributed by atoms with E-state index in [4.69, 9.17) is 0 Å². The SMILES string of the molecule is CCNC(=NCc1cccc(N(C)C)n1)NCC(C)Sc1ccccc1. The third-order valence-corrected chi connectivity index (χ3v) is 4.74. The Labute approximate surface area is 161 Å². The summed E-state index contributed by atoms with van der Waals surface area (Å²) < 4.78 is 0. The number of nitrogens with zero attached hydrogens (tertiary/aromatic N) is 3. The van der Waals surface area contributed by atoms with E-state index in [1.807, 2.05) is 55.0 Å². The molecule has 1 unspecified atom stereocenters. The van der Waals surface area contributed by atoms with Crippen molar-refractivity contribution < 1.29 is 0 Å². The maximum atomic E-state index is 4.67. The van der Waals surface area contributed by atoms with Crippen LogP contribution >= 0.6 is 11.8 Å². The number of hydrogen-bond donors (Lipinski definition) is 2. The third-order valence-electron chi connectivity index (χ3n) is 3.63. The zero-order valence-electron chi connectivity index (χ0n) is 16.1. The van der Waals surface area contributed by atoms with Crippen molar-refractivity contribution in [1.82, 2.24) is 15.6 Å². The van der Waals surface area contributed by atoms with Crippen molar-refractivity contribution in [1.29, 1.82) is 0 Å². The fourth-order valence-electron chi connectivity index (χ4n) is 2.32. The van der Waals surface area contributed by atoms with Gasteiger partial charge in [-0.3, -0.25) is 0 Å². The van der Waals surface area contributed by atoms with E-state index in [2.05, 4.69) is 58.7 Å². The van der Waals surface area contributed by atoms with Crippen molar-refractivity contribution in [3.05, 3.63) is 54.2 Å². The second-order valence-electron chi connectivity index (χ2n) is 6.20. The summed E-state index contributed by atoms with van der Waals surface area (Å²) in [5, 5.41) is 7.17. The molecule has 0 saturated carbocycles. The Morgan fingerprint density at radius 3 is 2.58 bits per heavy atom. The second-order valence-corrected chi connectivity index (χ2v) is 7.71. The molecule has 1 heterocycles. The highest BCUT2D eigenvalue weighted by Gasteiger charge is 2.06. The van der Waals surface area contributed by atoms with Crippen molar-refractivity contribution in [2.45, 2.75) is 30.5 Å². The Hall–Kier alpha value is -2.21. The highest BCUT2D eigenvalue weighted by atomic mass is 32.2. The lowest BCUT2D eigenvalue weighted by Crippen LogP contribution is -2.40. The van der Waals surface area contributed by atoms with Gasteiger partial charge in [-0.25, -0.2) is 9.98 Å². The number of aliphatic imine (C=N–C) groups is 1. The van der Waals surface area contributed by atoms with Crippen LogP contribution in [0, 0.1) is 0 Å². The molecule has 5 nitrogen and oxygen atoms in total. The van der Waals surface area contributed by atoms with Crippen LogP contribution in [0.25, 0.3) is 0 Å². The average molecular weight is 372 g/mol. The minimum atomic E-state index is 0.441. The van der Waals surface area contributed by atoms with E-state index < -0.39 is 0 Å². The summed E-state index contributed by atoms with van der Waals surface area (Å²) in [6.45, 7) is 6.52. The second kappa shape index (κ2) is 10.7. The molecule has 1 aromatic carbocycles. The van der Waals surface area contributed by atoms with Gasteiger partial charge in [0.05, 0.1) is 12.2 Å². The Kier molecular flexibility index (Phi) is 8.28. The summed E-state index contributed by atoms with van der Waals surface area (Å²) in [4.78, 5) is 12.6. The number of thioether (sulfide) groups is 1. The van der Waals surface area contributed by atoms with E-state index in [0.29, 0.717) is 11.8 Å². The van der Waals surface area contributed by atoms with Gasteiger partial charge in [0.25, 0.3) is 0 Å². The molecule has 0 aliphatic heterocycles. The third kappa shape index (κ3) is 6.96. The predicted octanol–water partition coefficient (Wildman–Crippen LogP) is 3.38. The molecule has 2 rings (SSSR count). The Bertz CT molecular complexity index is 688. The molecule has 2 N–H and O–H groups in total. The van der Waals surface area contributed by atoms with E-state index in [1.165, 1.54) is 4.90 Å².